The average Bonchev–Trinajstić information content (AvgIpc) is 2.40. The molecule has 0 spiro atoms. The Morgan fingerprint density at radius 3 is 2.47 bits per heavy atom. The minimum absolute atomic E-state index is 0.140. The van der Waals surface area contributed by atoms with E-state index in [2.05, 4.69) is 0 Å². The van der Waals surface area contributed by atoms with Gasteiger partial charge in [0.15, 0.2) is 0 Å². The zero-order chi connectivity index (χ0) is 13.0. The third-order valence-electron chi connectivity index (χ3n) is 2.61. The molecule has 0 fully saturated rings. The number of carbonyl (C=O) groups is 1. The van der Waals surface area contributed by atoms with E-state index in [9.17, 15) is 23.3 Å². The van der Waals surface area contributed by atoms with Crippen LogP contribution in [0.25, 0.3) is 0 Å². The molecule has 0 aliphatic carbocycles. The summed E-state index contributed by atoms with van der Waals surface area (Å²) in [6, 6.07) is 2.13. The molecule has 0 saturated heterocycles. The highest BCUT2D eigenvalue weighted by Crippen LogP contribution is 2.34. The highest BCUT2D eigenvalue weighted by Gasteiger charge is 2.41. The van der Waals surface area contributed by atoms with Gasteiger partial charge in [0.2, 0.25) is 0 Å². The molecule has 1 amide bonds. The molecule has 0 bridgehead atoms. The second kappa shape index (κ2) is 3.27. The number of hydrogen-bond acceptors (Lipinski definition) is 5. The Labute approximate surface area is 96.9 Å². The minimum Gasteiger partial charge on any atom is -0.268 e. The van der Waals surface area contributed by atoms with Crippen LogP contribution in [0.2, 0.25) is 0 Å². The van der Waals surface area contributed by atoms with E-state index < -0.39 is 20.9 Å². The van der Waals surface area contributed by atoms with Gasteiger partial charge in [0.1, 0.15) is 4.90 Å². The molecule has 0 saturated carbocycles. The quantitative estimate of drug-likeness (QED) is 0.543. The van der Waals surface area contributed by atoms with E-state index in [4.69, 9.17) is 0 Å². The zero-order valence-corrected chi connectivity index (χ0v) is 9.82. The molecule has 8 heteroatoms. The molecule has 1 aromatic rings. The summed E-state index contributed by atoms with van der Waals surface area (Å²) >= 11 is 0. The van der Waals surface area contributed by atoms with Crippen molar-refractivity contribution < 1.29 is 18.1 Å². The Morgan fingerprint density at radius 2 is 1.94 bits per heavy atom. The van der Waals surface area contributed by atoms with Crippen LogP contribution in [-0.4, -0.2) is 30.6 Å². The van der Waals surface area contributed by atoms with Crippen molar-refractivity contribution in [1.82, 2.24) is 4.31 Å². The van der Waals surface area contributed by atoms with Crippen molar-refractivity contribution >= 4 is 21.6 Å². The molecule has 2 rings (SSSR count). The molecule has 0 aromatic heterocycles. The summed E-state index contributed by atoms with van der Waals surface area (Å²) in [6.45, 7) is 1.43. The maximum atomic E-state index is 11.8. The third kappa shape index (κ3) is 1.41. The molecule has 7 nitrogen and oxygen atoms in total. The first-order valence-corrected chi connectivity index (χ1v) is 6.03. The van der Waals surface area contributed by atoms with Crippen LogP contribution < -0.4 is 0 Å². The zero-order valence-electron chi connectivity index (χ0n) is 9.00. The topological polar surface area (TPSA) is 97.6 Å². The van der Waals surface area contributed by atoms with Gasteiger partial charge in [-0.05, 0) is 12.5 Å². The Hall–Kier alpha value is -1.96. The fourth-order valence-corrected chi connectivity index (χ4v) is 3.26. The van der Waals surface area contributed by atoms with Crippen LogP contribution in [0.4, 0.5) is 5.69 Å². The first-order chi connectivity index (χ1) is 7.76. The van der Waals surface area contributed by atoms with Gasteiger partial charge < -0.3 is 0 Å². The van der Waals surface area contributed by atoms with E-state index >= 15 is 0 Å². The standard InChI is InChI=1S/C9H8N2O5S/c1-5-3-6(11(13)14)4-7-8(5)17(15,16)10(2)9(7)12/h3-4H,1-2H3. The number of aryl methyl sites for hydroxylation is 1. The SMILES string of the molecule is Cc1cc([N+](=O)[O-])cc2c1S(=O)(=O)N(C)C2=O. The Morgan fingerprint density at radius 1 is 1.35 bits per heavy atom. The number of hydrogen-bond donors (Lipinski definition) is 0. The Kier molecular flexibility index (Phi) is 2.21. The van der Waals surface area contributed by atoms with Crippen LogP contribution in [0.3, 0.4) is 0 Å². The minimum atomic E-state index is -3.85. The average molecular weight is 256 g/mol. The predicted octanol–water partition coefficient (Wildman–Crippen LogP) is 0.678. The van der Waals surface area contributed by atoms with Gasteiger partial charge in [-0.3, -0.25) is 14.9 Å². The number of nitro benzene ring substituents is 1. The van der Waals surface area contributed by atoms with Crippen molar-refractivity contribution in [1.29, 1.82) is 0 Å². The van der Waals surface area contributed by atoms with Crippen molar-refractivity contribution in [3.8, 4) is 0 Å². The van der Waals surface area contributed by atoms with Crippen molar-refractivity contribution in [2.24, 2.45) is 0 Å². The van der Waals surface area contributed by atoms with Crippen LogP contribution in [0, 0.1) is 17.0 Å². The van der Waals surface area contributed by atoms with Crippen LogP contribution in [-0.2, 0) is 10.0 Å². The second-order valence-electron chi connectivity index (χ2n) is 3.67. The number of nitrogens with zero attached hydrogens (tertiary/aromatic N) is 2. The van der Waals surface area contributed by atoms with E-state index in [0.29, 0.717) is 4.31 Å². The van der Waals surface area contributed by atoms with E-state index in [1.807, 2.05) is 0 Å². The van der Waals surface area contributed by atoms with Crippen LogP contribution in [0.1, 0.15) is 15.9 Å². The van der Waals surface area contributed by atoms with Gasteiger partial charge in [-0.1, -0.05) is 0 Å². The lowest BCUT2D eigenvalue weighted by Crippen LogP contribution is -2.25. The molecule has 1 aliphatic heterocycles. The number of sulfonamides is 1. The van der Waals surface area contributed by atoms with Gasteiger partial charge >= 0.3 is 0 Å². The monoisotopic (exact) mass is 256 g/mol. The van der Waals surface area contributed by atoms with Crippen molar-refractivity contribution in [3.05, 3.63) is 33.4 Å². The molecule has 0 unspecified atom stereocenters. The van der Waals surface area contributed by atoms with Gasteiger partial charge in [-0.2, -0.15) is 0 Å². The number of benzene rings is 1. The normalized spacial score (nSPS) is 17.1. The van der Waals surface area contributed by atoms with E-state index in [0.717, 1.165) is 19.2 Å². The van der Waals surface area contributed by atoms with Crippen LogP contribution in [0.15, 0.2) is 17.0 Å². The van der Waals surface area contributed by atoms with E-state index in [1.54, 1.807) is 0 Å². The van der Waals surface area contributed by atoms with Crippen LogP contribution in [0.5, 0.6) is 0 Å². The summed E-state index contributed by atoms with van der Waals surface area (Å²) in [5.74, 6) is -0.744. The third-order valence-corrected chi connectivity index (χ3v) is 4.55. The first-order valence-electron chi connectivity index (χ1n) is 4.59. The number of non-ortho nitro benzene ring substituents is 1. The maximum absolute atomic E-state index is 11.8. The van der Waals surface area contributed by atoms with Gasteiger partial charge in [0, 0.05) is 19.2 Å². The molecule has 0 N–H and O–H groups in total. The lowest BCUT2D eigenvalue weighted by atomic mass is 10.1. The summed E-state index contributed by atoms with van der Waals surface area (Å²) in [4.78, 5) is 21.5. The van der Waals surface area contributed by atoms with Crippen LogP contribution >= 0.6 is 0 Å². The van der Waals surface area contributed by atoms with Gasteiger partial charge in [0.05, 0.1) is 10.5 Å². The Bertz CT molecular complexity index is 650. The fourth-order valence-electron chi connectivity index (χ4n) is 1.78. The molecule has 1 aromatic carbocycles. The molecule has 0 atom stereocenters. The molecular weight excluding hydrogens is 248 g/mol. The van der Waals surface area contributed by atoms with E-state index in [1.165, 1.54) is 6.92 Å². The van der Waals surface area contributed by atoms with Gasteiger partial charge in [-0.25, -0.2) is 12.7 Å². The molecule has 0 radical (unpaired) electrons. The molecule has 17 heavy (non-hydrogen) atoms. The summed E-state index contributed by atoms with van der Waals surface area (Å²) in [5.41, 5.74) is -0.230. The summed E-state index contributed by atoms with van der Waals surface area (Å²) in [7, 11) is -2.72. The summed E-state index contributed by atoms with van der Waals surface area (Å²) < 4.78 is 24.3. The maximum Gasteiger partial charge on any atom is 0.270 e. The largest absolute Gasteiger partial charge is 0.270 e. The van der Waals surface area contributed by atoms with E-state index in [-0.39, 0.29) is 21.7 Å². The number of rotatable bonds is 1. The Balaban J connectivity index is 2.84. The molecule has 1 aliphatic rings. The number of carbonyl (C=O) groups excluding carboxylic acids is 1. The summed E-state index contributed by atoms with van der Waals surface area (Å²) in [6.07, 6.45) is 0. The highest BCUT2D eigenvalue weighted by atomic mass is 32.2. The second-order valence-corrected chi connectivity index (χ2v) is 5.58. The van der Waals surface area contributed by atoms with Gasteiger partial charge in [-0.15, -0.1) is 0 Å². The molecular formula is C9H8N2O5S. The van der Waals surface area contributed by atoms with Crippen molar-refractivity contribution in [2.75, 3.05) is 7.05 Å². The number of fused-ring (bicyclic) bond motifs is 1. The van der Waals surface area contributed by atoms with Crippen molar-refractivity contribution in [2.45, 2.75) is 11.8 Å². The first kappa shape index (κ1) is 11.5. The fraction of sp³-hybridized carbons (Fsp3) is 0.222. The van der Waals surface area contributed by atoms with Crippen molar-refractivity contribution in [3.63, 3.8) is 0 Å². The number of nitro groups is 1. The number of amides is 1. The lowest BCUT2D eigenvalue weighted by Gasteiger charge is -2.06. The summed E-state index contributed by atoms with van der Waals surface area (Å²) in [5, 5.41) is 10.6. The van der Waals surface area contributed by atoms with Gasteiger partial charge in [0.25, 0.3) is 21.6 Å². The lowest BCUT2D eigenvalue weighted by molar-refractivity contribution is -0.385. The highest BCUT2D eigenvalue weighted by molar-refractivity contribution is 7.90. The smallest absolute Gasteiger partial charge is 0.268 e. The molecule has 90 valence electrons. The molecule has 1 heterocycles. The predicted molar refractivity (Wildman–Crippen MR) is 57.1 cm³/mol.